The fourth-order valence-corrected chi connectivity index (χ4v) is 8.18. The number of hydrogen-bond donors (Lipinski definition) is 0. The molecule has 0 bridgehead atoms. The first kappa shape index (κ1) is 16.9. The van der Waals surface area contributed by atoms with Crippen LogP contribution in [0.25, 0.3) is 0 Å². The van der Waals surface area contributed by atoms with Crippen molar-refractivity contribution < 1.29 is 0 Å². The highest BCUT2D eigenvalue weighted by Crippen LogP contribution is 2.69. The van der Waals surface area contributed by atoms with Crippen LogP contribution >= 0.6 is 6.04 Å². The standard InChI is InChI=1S/C21H22PS/c1-15-16(2)18(4)21(17(15)3)22(23,19-11-7-5-8-12-19)20-13-9-6-10-14-20/h5-14H,1-4H3. The molecule has 1 aliphatic carbocycles. The molecule has 0 nitrogen and oxygen atoms in total. The quantitative estimate of drug-likeness (QED) is 0.707. The Kier molecular flexibility index (Phi) is 4.81. The Hall–Kier alpha value is -0.910. The molecule has 0 N–H and O–H groups in total. The molecular weight excluding hydrogens is 315 g/mol. The van der Waals surface area contributed by atoms with Crippen molar-refractivity contribution in [2.24, 2.45) is 0 Å². The molecule has 23 heavy (non-hydrogen) atoms. The largest absolute Gasteiger partial charge is 0.0869 e. The third-order valence-electron chi connectivity index (χ3n) is 4.95. The van der Waals surface area contributed by atoms with Gasteiger partial charge in [0.25, 0.3) is 0 Å². The smallest absolute Gasteiger partial charge is 0.0321 e. The molecule has 0 heterocycles. The van der Waals surface area contributed by atoms with Crippen LogP contribution < -0.4 is 10.6 Å². The average Bonchev–Trinajstić information content (AvgIpc) is 2.79. The van der Waals surface area contributed by atoms with Crippen LogP contribution in [0.3, 0.4) is 0 Å². The maximum absolute atomic E-state index is 6.46. The molecule has 0 saturated heterocycles. The Morgan fingerprint density at radius 3 is 1.26 bits per heavy atom. The number of hydrogen-bond acceptors (Lipinski definition) is 1. The first-order valence-corrected chi connectivity index (χ1v) is 10.7. The molecular formula is C21H22PS. The van der Waals surface area contributed by atoms with Gasteiger partial charge in [0.1, 0.15) is 0 Å². The highest BCUT2D eigenvalue weighted by Gasteiger charge is 2.50. The van der Waals surface area contributed by atoms with Crippen molar-refractivity contribution in [3.8, 4) is 0 Å². The van der Waals surface area contributed by atoms with Crippen molar-refractivity contribution in [3.63, 3.8) is 0 Å². The van der Waals surface area contributed by atoms with Crippen LogP contribution in [-0.2, 0) is 11.8 Å². The fourth-order valence-electron chi connectivity index (χ4n) is 3.35. The SMILES string of the molecule is C[C]1[C](C)[C](C)[C](P(=S)(c2ccccc2)c2ccccc2)[C]1C. The van der Waals surface area contributed by atoms with Crippen LogP contribution in [0, 0.1) is 29.3 Å². The second-order valence-corrected chi connectivity index (χ2v) is 10.5. The zero-order valence-corrected chi connectivity index (χ0v) is 15.8. The lowest BCUT2D eigenvalue weighted by atomic mass is 9.92. The highest BCUT2D eigenvalue weighted by atomic mass is 32.4. The second-order valence-electron chi connectivity index (χ2n) is 6.13. The van der Waals surface area contributed by atoms with E-state index in [0.717, 1.165) is 0 Å². The first-order valence-electron chi connectivity index (χ1n) is 7.92. The van der Waals surface area contributed by atoms with Crippen LogP contribution in [0.4, 0.5) is 0 Å². The molecule has 0 spiro atoms. The third kappa shape index (κ3) is 2.73. The van der Waals surface area contributed by atoms with Gasteiger partial charge in [0.05, 0.1) is 0 Å². The Bertz CT molecular complexity index is 637. The van der Waals surface area contributed by atoms with Gasteiger partial charge in [-0.3, -0.25) is 0 Å². The van der Waals surface area contributed by atoms with E-state index in [1.807, 2.05) is 0 Å². The molecule has 0 aliphatic heterocycles. The van der Waals surface area contributed by atoms with Crippen LogP contribution in [0.1, 0.15) is 27.7 Å². The molecule has 1 aliphatic rings. The zero-order chi connectivity index (χ0) is 16.6. The van der Waals surface area contributed by atoms with Crippen molar-refractivity contribution in [1.29, 1.82) is 0 Å². The van der Waals surface area contributed by atoms with E-state index >= 15 is 0 Å². The van der Waals surface area contributed by atoms with Crippen LogP contribution in [-0.4, -0.2) is 0 Å². The van der Waals surface area contributed by atoms with Gasteiger partial charge in [0.15, 0.2) is 0 Å². The maximum Gasteiger partial charge on any atom is 0.0321 e. The van der Waals surface area contributed by atoms with Gasteiger partial charge >= 0.3 is 0 Å². The van der Waals surface area contributed by atoms with E-state index in [1.54, 1.807) is 0 Å². The van der Waals surface area contributed by atoms with Crippen LogP contribution in [0.15, 0.2) is 60.7 Å². The number of benzene rings is 2. The normalized spacial score (nSPS) is 19.5. The molecule has 0 atom stereocenters. The van der Waals surface area contributed by atoms with Gasteiger partial charge in [-0.2, -0.15) is 0 Å². The number of rotatable bonds is 3. The third-order valence-corrected chi connectivity index (χ3v) is 10.1. The summed E-state index contributed by atoms with van der Waals surface area (Å²) in [7, 11) is 0. The molecule has 0 amide bonds. The topological polar surface area (TPSA) is 0 Å². The van der Waals surface area contributed by atoms with Gasteiger partial charge in [0.2, 0.25) is 0 Å². The van der Waals surface area contributed by atoms with Crippen molar-refractivity contribution >= 4 is 28.5 Å². The molecule has 2 heteroatoms. The molecule has 2 aromatic rings. The van der Waals surface area contributed by atoms with Gasteiger partial charge in [-0.15, -0.1) is 0 Å². The predicted molar refractivity (Wildman–Crippen MR) is 105 cm³/mol. The van der Waals surface area contributed by atoms with E-state index in [4.69, 9.17) is 11.8 Å². The molecule has 1 saturated carbocycles. The van der Waals surface area contributed by atoms with Gasteiger partial charge in [-0.25, -0.2) is 0 Å². The van der Waals surface area contributed by atoms with Crippen LogP contribution in [0.2, 0.25) is 0 Å². The lowest BCUT2D eigenvalue weighted by Crippen LogP contribution is -2.24. The molecule has 5 radical (unpaired) electrons. The van der Waals surface area contributed by atoms with Crippen molar-refractivity contribution in [1.82, 2.24) is 0 Å². The summed E-state index contributed by atoms with van der Waals surface area (Å²) in [4.78, 5) is 0. The van der Waals surface area contributed by atoms with E-state index in [1.165, 1.54) is 39.9 Å². The van der Waals surface area contributed by atoms with Gasteiger partial charge in [0, 0.05) is 11.7 Å². The van der Waals surface area contributed by atoms with Crippen LogP contribution in [0.5, 0.6) is 0 Å². The summed E-state index contributed by atoms with van der Waals surface area (Å²) in [6.45, 7) is 8.91. The lowest BCUT2D eigenvalue weighted by Gasteiger charge is -2.34. The molecule has 0 aromatic heterocycles. The van der Waals surface area contributed by atoms with E-state index in [2.05, 4.69) is 88.4 Å². The summed E-state index contributed by atoms with van der Waals surface area (Å²) in [6, 6.07) is 19.3. The first-order chi connectivity index (χ1) is 11.0. The Morgan fingerprint density at radius 1 is 0.565 bits per heavy atom. The van der Waals surface area contributed by atoms with E-state index in [9.17, 15) is 0 Å². The second kappa shape index (κ2) is 6.54. The summed E-state index contributed by atoms with van der Waals surface area (Å²) in [5.74, 6) is 5.52. The van der Waals surface area contributed by atoms with Gasteiger partial charge in [-0.05, 0) is 34.3 Å². The summed E-state index contributed by atoms with van der Waals surface area (Å²) >= 11 is 6.46. The van der Waals surface area contributed by atoms with E-state index in [0.29, 0.717) is 0 Å². The Morgan fingerprint density at radius 2 is 0.913 bits per heavy atom. The summed E-state index contributed by atoms with van der Waals surface area (Å²) < 4.78 is 0. The Balaban J connectivity index is 2.20. The maximum atomic E-state index is 6.46. The van der Waals surface area contributed by atoms with E-state index < -0.39 is 6.04 Å². The fraction of sp³-hybridized carbons (Fsp3) is 0.190. The molecule has 2 aromatic carbocycles. The molecule has 117 valence electrons. The summed E-state index contributed by atoms with van der Waals surface area (Å²) in [6.07, 6.45) is 0. The predicted octanol–water partition coefficient (Wildman–Crippen LogP) is 5.04. The summed E-state index contributed by atoms with van der Waals surface area (Å²) in [5, 5.41) is 2.55. The monoisotopic (exact) mass is 337 g/mol. The lowest BCUT2D eigenvalue weighted by molar-refractivity contribution is 0.973. The minimum atomic E-state index is -2.02. The molecule has 0 unspecified atom stereocenters. The van der Waals surface area contributed by atoms with E-state index in [-0.39, 0.29) is 0 Å². The summed E-state index contributed by atoms with van der Waals surface area (Å²) in [5.41, 5.74) is 1.39. The van der Waals surface area contributed by atoms with Crippen molar-refractivity contribution in [2.45, 2.75) is 27.7 Å². The van der Waals surface area contributed by atoms with Crippen molar-refractivity contribution in [2.75, 3.05) is 0 Å². The minimum Gasteiger partial charge on any atom is -0.0869 e. The Labute approximate surface area is 146 Å². The minimum absolute atomic E-state index is 1.28. The highest BCUT2D eigenvalue weighted by molar-refractivity contribution is 8.23. The average molecular weight is 337 g/mol. The molecule has 3 rings (SSSR count). The molecule has 1 fully saturated rings. The van der Waals surface area contributed by atoms with Gasteiger partial charge < -0.3 is 0 Å². The van der Waals surface area contributed by atoms with Gasteiger partial charge in [-0.1, -0.05) is 100 Å². The zero-order valence-electron chi connectivity index (χ0n) is 14.1. The van der Waals surface area contributed by atoms with Crippen molar-refractivity contribution in [3.05, 3.63) is 90.0 Å².